The van der Waals surface area contributed by atoms with Crippen molar-refractivity contribution in [2.45, 2.75) is 0 Å². The Morgan fingerprint density at radius 3 is 2.74 bits per heavy atom. The van der Waals surface area contributed by atoms with Crippen LogP contribution in [-0.4, -0.2) is 32.2 Å². The Morgan fingerprint density at radius 1 is 1.42 bits per heavy atom. The van der Waals surface area contributed by atoms with Crippen molar-refractivity contribution in [2.75, 3.05) is 11.1 Å². The van der Waals surface area contributed by atoms with Crippen LogP contribution in [0.1, 0.15) is 21.0 Å². The van der Waals surface area contributed by atoms with Gasteiger partial charge in [-0.3, -0.25) is 9.89 Å². The van der Waals surface area contributed by atoms with Crippen LogP contribution < -0.4 is 11.1 Å². The van der Waals surface area contributed by atoms with E-state index in [2.05, 4.69) is 20.5 Å². The van der Waals surface area contributed by atoms with E-state index in [0.29, 0.717) is 0 Å². The van der Waals surface area contributed by atoms with Gasteiger partial charge in [0.2, 0.25) is 11.8 Å². The second-order valence-corrected chi connectivity index (χ2v) is 3.50. The number of halogens is 1. The first-order chi connectivity index (χ1) is 8.97. The van der Waals surface area contributed by atoms with E-state index in [1.807, 2.05) is 0 Å². The van der Waals surface area contributed by atoms with Crippen LogP contribution in [0.15, 0.2) is 18.2 Å². The van der Waals surface area contributed by atoms with Gasteiger partial charge in [0, 0.05) is 0 Å². The van der Waals surface area contributed by atoms with Gasteiger partial charge in [0.05, 0.1) is 11.3 Å². The first-order valence-corrected chi connectivity index (χ1v) is 4.99. The van der Waals surface area contributed by atoms with E-state index < -0.39 is 17.7 Å². The second kappa shape index (κ2) is 4.72. The molecule has 0 saturated carbocycles. The number of benzene rings is 1. The van der Waals surface area contributed by atoms with Crippen molar-refractivity contribution < 1.29 is 19.1 Å². The number of aromatic carboxylic acids is 1. The van der Waals surface area contributed by atoms with E-state index in [1.54, 1.807) is 0 Å². The van der Waals surface area contributed by atoms with Crippen LogP contribution in [0.3, 0.4) is 0 Å². The summed E-state index contributed by atoms with van der Waals surface area (Å²) in [7, 11) is 0. The lowest BCUT2D eigenvalue weighted by molar-refractivity contribution is 0.0696. The highest BCUT2D eigenvalue weighted by Crippen LogP contribution is 2.16. The summed E-state index contributed by atoms with van der Waals surface area (Å²) in [6.07, 6.45) is 0. The molecule has 0 radical (unpaired) electrons. The normalized spacial score (nSPS) is 10.2. The van der Waals surface area contributed by atoms with Crippen molar-refractivity contribution in [3.05, 3.63) is 35.4 Å². The average molecular weight is 265 g/mol. The Bertz CT molecular complexity index is 654. The predicted octanol–water partition coefficient (Wildman–Crippen LogP) is 0.476. The Hall–Kier alpha value is -2.97. The molecule has 8 nitrogen and oxygen atoms in total. The van der Waals surface area contributed by atoms with E-state index in [4.69, 9.17) is 10.8 Å². The fourth-order valence-corrected chi connectivity index (χ4v) is 1.31. The number of aromatic amines is 1. The summed E-state index contributed by atoms with van der Waals surface area (Å²) in [5, 5.41) is 16.6. The Labute approximate surface area is 105 Å². The van der Waals surface area contributed by atoms with Gasteiger partial charge in [-0.1, -0.05) is 0 Å². The lowest BCUT2D eigenvalue weighted by Crippen LogP contribution is -2.15. The molecule has 0 aliphatic heterocycles. The summed E-state index contributed by atoms with van der Waals surface area (Å²) < 4.78 is 13.4. The van der Waals surface area contributed by atoms with Crippen LogP contribution in [-0.2, 0) is 0 Å². The molecule has 0 spiro atoms. The fraction of sp³-hybridized carbons (Fsp3) is 0. The zero-order valence-corrected chi connectivity index (χ0v) is 9.35. The maximum absolute atomic E-state index is 13.4. The lowest BCUT2D eigenvalue weighted by Gasteiger charge is -2.05. The number of carbonyl (C=O) groups excluding carboxylic acids is 1. The monoisotopic (exact) mass is 265 g/mol. The summed E-state index contributed by atoms with van der Waals surface area (Å²) in [4.78, 5) is 25.9. The number of hydrogen-bond donors (Lipinski definition) is 4. The number of carboxylic acids is 1. The Morgan fingerprint density at radius 2 is 2.16 bits per heavy atom. The highest BCUT2D eigenvalue weighted by molar-refractivity contribution is 6.02. The molecule has 0 aliphatic carbocycles. The van der Waals surface area contributed by atoms with E-state index in [1.165, 1.54) is 0 Å². The number of nitrogens with zero attached hydrogens (tertiary/aromatic N) is 2. The van der Waals surface area contributed by atoms with E-state index in [0.717, 1.165) is 18.2 Å². The average Bonchev–Trinajstić information content (AvgIpc) is 2.78. The third kappa shape index (κ3) is 2.65. The van der Waals surface area contributed by atoms with Crippen LogP contribution >= 0.6 is 0 Å². The number of nitrogens with two attached hydrogens (primary N) is 1. The maximum Gasteiger partial charge on any atom is 0.335 e. The van der Waals surface area contributed by atoms with Gasteiger partial charge in [-0.15, -0.1) is 5.10 Å². The van der Waals surface area contributed by atoms with E-state index >= 15 is 0 Å². The molecule has 0 atom stereocenters. The van der Waals surface area contributed by atoms with Crippen LogP contribution in [0, 0.1) is 5.82 Å². The minimum atomic E-state index is -1.24. The number of nitrogens with one attached hydrogen (secondary N) is 2. The first kappa shape index (κ1) is 12.5. The quantitative estimate of drug-likeness (QED) is 0.637. The van der Waals surface area contributed by atoms with Crippen molar-refractivity contribution in [3.63, 3.8) is 0 Å². The molecule has 0 saturated heterocycles. The number of aromatic nitrogens is 3. The molecule has 0 bridgehead atoms. The van der Waals surface area contributed by atoms with Gasteiger partial charge in [0.15, 0.2) is 0 Å². The predicted molar refractivity (Wildman–Crippen MR) is 62.1 cm³/mol. The maximum atomic E-state index is 13.4. The molecule has 5 N–H and O–H groups in total. The zero-order valence-electron chi connectivity index (χ0n) is 9.35. The SMILES string of the molecule is Nc1n[nH]c(C(=O)Nc2cc(C(=O)O)ccc2F)n1. The van der Waals surface area contributed by atoms with Gasteiger partial charge in [-0.25, -0.2) is 9.18 Å². The molecule has 19 heavy (non-hydrogen) atoms. The molecule has 2 rings (SSSR count). The summed E-state index contributed by atoms with van der Waals surface area (Å²) >= 11 is 0. The highest BCUT2D eigenvalue weighted by Gasteiger charge is 2.15. The number of nitrogen functional groups attached to an aromatic ring is 1. The molecule has 0 unspecified atom stereocenters. The van der Waals surface area contributed by atoms with Crippen molar-refractivity contribution in [1.29, 1.82) is 0 Å². The number of anilines is 2. The number of rotatable bonds is 3. The third-order valence-electron chi connectivity index (χ3n) is 2.18. The molecule has 1 amide bonds. The molecule has 0 fully saturated rings. The number of H-pyrrole nitrogens is 1. The minimum absolute atomic E-state index is 0.134. The number of carbonyl (C=O) groups is 2. The number of amides is 1. The van der Waals surface area contributed by atoms with Crippen LogP contribution in [0.25, 0.3) is 0 Å². The standard InChI is InChI=1S/C10H8FN5O3/c11-5-2-1-4(9(18)19)3-6(5)13-8(17)7-14-10(12)16-15-7/h1-3H,(H,13,17)(H,18,19)(H3,12,14,15,16). The zero-order chi connectivity index (χ0) is 14.0. The van der Waals surface area contributed by atoms with E-state index in [9.17, 15) is 14.0 Å². The van der Waals surface area contributed by atoms with Gasteiger partial charge in [-0.05, 0) is 18.2 Å². The summed E-state index contributed by atoms with van der Waals surface area (Å²) in [5.41, 5.74) is 4.78. The van der Waals surface area contributed by atoms with E-state index in [-0.39, 0.29) is 23.0 Å². The topological polar surface area (TPSA) is 134 Å². The molecular weight excluding hydrogens is 257 g/mol. The number of carboxylic acid groups (broad SMARTS) is 1. The van der Waals surface area contributed by atoms with Crippen molar-refractivity contribution >= 4 is 23.5 Å². The molecule has 2 aromatic rings. The van der Waals surface area contributed by atoms with Gasteiger partial charge in [0.1, 0.15) is 5.82 Å². The number of hydrogen-bond acceptors (Lipinski definition) is 5. The Balaban J connectivity index is 2.25. The van der Waals surface area contributed by atoms with Gasteiger partial charge < -0.3 is 16.2 Å². The van der Waals surface area contributed by atoms with Crippen molar-refractivity contribution in [3.8, 4) is 0 Å². The molecule has 9 heteroatoms. The van der Waals surface area contributed by atoms with Crippen molar-refractivity contribution in [1.82, 2.24) is 15.2 Å². The molecule has 1 aromatic heterocycles. The molecule has 1 aromatic carbocycles. The smallest absolute Gasteiger partial charge is 0.335 e. The second-order valence-electron chi connectivity index (χ2n) is 3.50. The van der Waals surface area contributed by atoms with Crippen molar-refractivity contribution in [2.24, 2.45) is 0 Å². The largest absolute Gasteiger partial charge is 0.478 e. The molecular formula is C10H8FN5O3. The minimum Gasteiger partial charge on any atom is -0.478 e. The van der Waals surface area contributed by atoms with Gasteiger partial charge >= 0.3 is 5.97 Å². The van der Waals surface area contributed by atoms with Gasteiger partial charge in [-0.2, -0.15) is 4.98 Å². The fourth-order valence-electron chi connectivity index (χ4n) is 1.31. The highest BCUT2D eigenvalue weighted by atomic mass is 19.1. The summed E-state index contributed by atoms with van der Waals surface area (Å²) in [5.74, 6) is -3.14. The molecule has 0 aliphatic rings. The Kier molecular flexibility index (Phi) is 3.10. The third-order valence-corrected chi connectivity index (χ3v) is 2.18. The summed E-state index contributed by atoms with van der Waals surface area (Å²) in [6, 6.07) is 3.02. The molecule has 1 heterocycles. The van der Waals surface area contributed by atoms with Crippen LogP contribution in [0.2, 0.25) is 0 Å². The molecule has 98 valence electrons. The lowest BCUT2D eigenvalue weighted by atomic mass is 10.2. The summed E-state index contributed by atoms with van der Waals surface area (Å²) in [6.45, 7) is 0. The first-order valence-electron chi connectivity index (χ1n) is 4.99. The van der Waals surface area contributed by atoms with Crippen LogP contribution in [0.5, 0.6) is 0 Å². The van der Waals surface area contributed by atoms with Gasteiger partial charge in [0.25, 0.3) is 5.91 Å². The van der Waals surface area contributed by atoms with Crippen LogP contribution in [0.4, 0.5) is 16.0 Å².